The van der Waals surface area contributed by atoms with Gasteiger partial charge in [-0.2, -0.15) is 0 Å². The maximum atomic E-state index is 12.3. The minimum absolute atomic E-state index is 0.0810. The highest BCUT2D eigenvalue weighted by Crippen LogP contribution is 2.19. The normalized spacial score (nSPS) is 10.9. The average molecular weight is 361 g/mol. The fourth-order valence-corrected chi connectivity index (χ4v) is 2.79. The Morgan fingerprint density at radius 2 is 2.00 bits per heavy atom. The van der Waals surface area contributed by atoms with Gasteiger partial charge in [-0.15, -0.1) is 0 Å². The number of ether oxygens (including phenoxy) is 1. The Labute approximate surface area is 153 Å². The van der Waals surface area contributed by atoms with Crippen molar-refractivity contribution in [1.82, 2.24) is 14.4 Å². The van der Waals surface area contributed by atoms with Gasteiger partial charge in [0, 0.05) is 17.3 Å². The second-order valence-corrected chi connectivity index (χ2v) is 5.97. The summed E-state index contributed by atoms with van der Waals surface area (Å²) >= 11 is 0. The molecule has 134 valence electrons. The lowest BCUT2D eigenvalue weighted by Gasteiger charge is -2.08. The third kappa shape index (κ3) is 3.35. The van der Waals surface area contributed by atoms with Crippen molar-refractivity contribution in [1.29, 1.82) is 0 Å². The third-order valence-corrected chi connectivity index (χ3v) is 4.12. The van der Waals surface area contributed by atoms with E-state index in [1.54, 1.807) is 36.5 Å². The number of oxazole rings is 1. The van der Waals surface area contributed by atoms with E-state index in [4.69, 9.17) is 9.15 Å². The molecule has 0 aliphatic heterocycles. The molecule has 1 aromatic carbocycles. The molecular weight excluding hydrogens is 346 g/mol. The van der Waals surface area contributed by atoms with E-state index in [0.717, 1.165) is 11.3 Å². The number of carbonyl (C=O) groups is 1. The molecule has 4 aromatic rings. The number of fused-ring (bicyclic) bond motifs is 1. The van der Waals surface area contributed by atoms with Crippen molar-refractivity contribution >= 4 is 11.6 Å². The van der Waals surface area contributed by atoms with Gasteiger partial charge in [-0.05, 0) is 31.2 Å². The topological polar surface area (TPSA) is 86.7 Å². The molecule has 0 aliphatic carbocycles. The highest BCUT2D eigenvalue weighted by atomic mass is 16.5. The zero-order valence-corrected chi connectivity index (χ0v) is 14.5. The summed E-state index contributed by atoms with van der Waals surface area (Å²) in [5, 5.41) is 0. The molecule has 7 heteroatoms. The standard InChI is InChI=1S/C20H15N3O4/c1-13-3-2-4-18-22-16(9-19(24)23(13)18)11-26-20(25)15-7-5-14(6-8-15)17-10-21-12-27-17/h2-10,12H,11H2,1H3. The number of esters is 1. The van der Waals surface area contributed by atoms with E-state index in [0.29, 0.717) is 22.7 Å². The second kappa shape index (κ2) is 6.87. The molecule has 4 rings (SSSR count). The van der Waals surface area contributed by atoms with E-state index in [-0.39, 0.29) is 12.2 Å². The van der Waals surface area contributed by atoms with Crippen molar-refractivity contribution in [2.75, 3.05) is 0 Å². The average Bonchev–Trinajstić information content (AvgIpc) is 3.21. The van der Waals surface area contributed by atoms with Crippen LogP contribution in [0.1, 0.15) is 21.7 Å². The Balaban J connectivity index is 1.49. The molecule has 27 heavy (non-hydrogen) atoms. The van der Waals surface area contributed by atoms with Crippen LogP contribution in [-0.2, 0) is 11.3 Å². The molecular formula is C20H15N3O4. The Morgan fingerprint density at radius 3 is 2.74 bits per heavy atom. The Hall–Kier alpha value is -3.74. The van der Waals surface area contributed by atoms with E-state index in [9.17, 15) is 9.59 Å². The lowest BCUT2D eigenvalue weighted by molar-refractivity contribution is 0.0467. The van der Waals surface area contributed by atoms with Crippen LogP contribution in [0.15, 0.2) is 70.3 Å². The summed E-state index contributed by atoms with van der Waals surface area (Å²) in [5.74, 6) is 0.122. The number of nitrogens with zero attached hydrogens (tertiary/aromatic N) is 3. The predicted octanol–water partition coefficient (Wildman–Crippen LogP) is 3.01. The molecule has 3 aromatic heterocycles. The molecule has 0 bridgehead atoms. The number of carbonyl (C=O) groups excluding carboxylic acids is 1. The van der Waals surface area contributed by atoms with Crippen molar-refractivity contribution < 1.29 is 13.9 Å². The summed E-state index contributed by atoms with van der Waals surface area (Å²) in [6.07, 6.45) is 2.94. The van der Waals surface area contributed by atoms with Crippen molar-refractivity contribution in [2.45, 2.75) is 13.5 Å². The summed E-state index contributed by atoms with van der Waals surface area (Å²) < 4.78 is 12.0. The largest absolute Gasteiger partial charge is 0.456 e. The van der Waals surface area contributed by atoms with Crippen molar-refractivity contribution in [3.8, 4) is 11.3 Å². The van der Waals surface area contributed by atoms with Gasteiger partial charge in [-0.3, -0.25) is 9.20 Å². The van der Waals surface area contributed by atoms with Gasteiger partial charge in [-0.25, -0.2) is 14.8 Å². The maximum Gasteiger partial charge on any atom is 0.338 e. The monoisotopic (exact) mass is 361 g/mol. The van der Waals surface area contributed by atoms with Crippen LogP contribution in [-0.4, -0.2) is 20.3 Å². The molecule has 0 N–H and O–H groups in total. The van der Waals surface area contributed by atoms with Crippen LogP contribution in [0.5, 0.6) is 0 Å². The zero-order valence-electron chi connectivity index (χ0n) is 14.5. The van der Waals surface area contributed by atoms with Gasteiger partial charge in [0.25, 0.3) is 5.56 Å². The number of aromatic nitrogens is 3. The molecule has 0 aliphatic rings. The lowest BCUT2D eigenvalue weighted by atomic mass is 10.1. The minimum Gasteiger partial charge on any atom is -0.456 e. The number of benzene rings is 1. The van der Waals surface area contributed by atoms with Crippen LogP contribution >= 0.6 is 0 Å². The van der Waals surface area contributed by atoms with E-state index >= 15 is 0 Å². The number of aryl methyl sites for hydroxylation is 1. The molecule has 0 amide bonds. The zero-order chi connectivity index (χ0) is 18.8. The van der Waals surface area contributed by atoms with Gasteiger partial charge in [0.1, 0.15) is 12.3 Å². The van der Waals surface area contributed by atoms with Crippen molar-refractivity contribution in [2.24, 2.45) is 0 Å². The highest BCUT2D eigenvalue weighted by molar-refractivity contribution is 5.89. The number of hydrogen-bond donors (Lipinski definition) is 0. The SMILES string of the molecule is Cc1cccc2nc(COC(=O)c3ccc(-c4cnco4)cc3)cc(=O)n12. The molecule has 0 spiro atoms. The predicted molar refractivity (Wildman–Crippen MR) is 97.3 cm³/mol. The maximum absolute atomic E-state index is 12.3. The van der Waals surface area contributed by atoms with E-state index < -0.39 is 5.97 Å². The van der Waals surface area contributed by atoms with Crippen LogP contribution in [0.2, 0.25) is 0 Å². The second-order valence-electron chi connectivity index (χ2n) is 5.97. The van der Waals surface area contributed by atoms with Gasteiger partial charge in [-0.1, -0.05) is 18.2 Å². The first-order valence-corrected chi connectivity index (χ1v) is 8.26. The molecule has 0 atom stereocenters. The number of hydrogen-bond acceptors (Lipinski definition) is 6. The molecule has 0 radical (unpaired) electrons. The van der Waals surface area contributed by atoms with Gasteiger partial charge < -0.3 is 9.15 Å². The van der Waals surface area contributed by atoms with Gasteiger partial charge in [0.2, 0.25) is 0 Å². The van der Waals surface area contributed by atoms with Gasteiger partial charge in [0.05, 0.1) is 17.5 Å². The lowest BCUT2D eigenvalue weighted by Crippen LogP contribution is -2.18. The summed E-state index contributed by atoms with van der Waals surface area (Å²) in [6, 6.07) is 13.6. The smallest absolute Gasteiger partial charge is 0.338 e. The van der Waals surface area contributed by atoms with Crippen molar-refractivity contribution in [3.63, 3.8) is 0 Å². The molecule has 0 fully saturated rings. The summed E-state index contributed by atoms with van der Waals surface area (Å²) in [7, 11) is 0. The first-order valence-electron chi connectivity index (χ1n) is 8.26. The Kier molecular flexibility index (Phi) is 4.25. The number of rotatable bonds is 4. The summed E-state index contributed by atoms with van der Waals surface area (Å²) in [6.45, 7) is 1.75. The fourth-order valence-electron chi connectivity index (χ4n) is 2.79. The molecule has 0 saturated heterocycles. The van der Waals surface area contributed by atoms with Crippen LogP contribution in [0, 0.1) is 6.92 Å². The van der Waals surface area contributed by atoms with Crippen LogP contribution in [0.3, 0.4) is 0 Å². The van der Waals surface area contributed by atoms with Crippen LogP contribution < -0.4 is 5.56 Å². The highest BCUT2D eigenvalue weighted by Gasteiger charge is 2.11. The minimum atomic E-state index is -0.495. The summed E-state index contributed by atoms with van der Waals surface area (Å²) in [5.41, 5.74) is 2.71. The first-order chi connectivity index (χ1) is 13.1. The Morgan fingerprint density at radius 1 is 1.19 bits per heavy atom. The van der Waals surface area contributed by atoms with E-state index in [1.165, 1.54) is 16.9 Å². The van der Waals surface area contributed by atoms with E-state index in [2.05, 4.69) is 9.97 Å². The van der Waals surface area contributed by atoms with Crippen molar-refractivity contribution in [3.05, 3.63) is 88.4 Å². The van der Waals surface area contributed by atoms with Gasteiger partial charge in [0.15, 0.2) is 12.2 Å². The number of pyridine rings is 1. The summed E-state index contributed by atoms with van der Waals surface area (Å²) in [4.78, 5) is 32.7. The van der Waals surface area contributed by atoms with Crippen LogP contribution in [0.4, 0.5) is 0 Å². The van der Waals surface area contributed by atoms with Gasteiger partial charge >= 0.3 is 5.97 Å². The first kappa shape index (κ1) is 16.7. The van der Waals surface area contributed by atoms with E-state index in [1.807, 2.05) is 19.1 Å². The molecule has 0 unspecified atom stereocenters. The third-order valence-electron chi connectivity index (χ3n) is 4.12. The quantitative estimate of drug-likeness (QED) is 0.519. The molecule has 0 saturated carbocycles. The Bertz CT molecular complexity index is 1160. The fraction of sp³-hybridized carbons (Fsp3) is 0.100. The molecule has 3 heterocycles. The molecule has 7 nitrogen and oxygen atoms in total. The van der Waals surface area contributed by atoms with Crippen LogP contribution in [0.25, 0.3) is 17.0 Å².